The van der Waals surface area contributed by atoms with Gasteiger partial charge in [0.1, 0.15) is 13.2 Å². The standard InChI is InChI=1S/C13H24N2O4/c1-11(8-15-5-3-2-4-6-15)7-14-12(16)9-19-10-13(17)18/h11H,2-10H2,1H3,(H,14,16)(H,17,18). The number of carbonyl (C=O) groups excluding carboxylic acids is 1. The Morgan fingerprint density at radius 3 is 2.58 bits per heavy atom. The van der Waals surface area contributed by atoms with E-state index in [2.05, 4.69) is 17.1 Å². The predicted octanol–water partition coefficient (Wildman–Crippen LogP) is 0.326. The quantitative estimate of drug-likeness (QED) is 0.665. The third-order valence-corrected chi connectivity index (χ3v) is 3.12. The number of amides is 1. The fourth-order valence-corrected chi connectivity index (χ4v) is 2.22. The van der Waals surface area contributed by atoms with Crippen LogP contribution in [0, 0.1) is 5.92 Å². The molecule has 1 saturated heterocycles. The summed E-state index contributed by atoms with van der Waals surface area (Å²) >= 11 is 0. The molecule has 1 amide bonds. The molecule has 1 unspecified atom stereocenters. The normalized spacial score (nSPS) is 17.9. The van der Waals surface area contributed by atoms with E-state index < -0.39 is 12.6 Å². The number of carboxylic acid groups (broad SMARTS) is 1. The topological polar surface area (TPSA) is 78.9 Å². The lowest BCUT2D eigenvalue weighted by molar-refractivity contribution is -0.143. The molecule has 1 aliphatic rings. The number of aliphatic carboxylic acids is 1. The van der Waals surface area contributed by atoms with Gasteiger partial charge in [-0.05, 0) is 31.8 Å². The van der Waals surface area contributed by atoms with Gasteiger partial charge in [0.05, 0.1) is 0 Å². The second kappa shape index (κ2) is 8.87. The number of rotatable bonds is 8. The summed E-state index contributed by atoms with van der Waals surface area (Å²) in [7, 11) is 0. The molecule has 2 N–H and O–H groups in total. The average Bonchev–Trinajstić information content (AvgIpc) is 2.37. The lowest BCUT2D eigenvalue weighted by Gasteiger charge is -2.29. The summed E-state index contributed by atoms with van der Waals surface area (Å²) in [6.07, 6.45) is 3.85. The summed E-state index contributed by atoms with van der Waals surface area (Å²) in [6, 6.07) is 0. The fraction of sp³-hybridized carbons (Fsp3) is 0.846. The Bertz CT molecular complexity index is 290. The van der Waals surface area contributed by atoms with Crippen LogP contribution in [0.1, 0.15) is 26.2 Å². The highest BCUT2D eigenvalue weighted by Crippen LogP contribution is 2.10. The number of carboxylic acids is 1. The zero-order valence-corrected chi connectivity index (χ0v) is 11.6. The number of hydrogen-bond donors (Lipinski definition) is 2. The molecular formula is C13H24N2O4. The van der Waals surface area contributed by atoms with Crippen LogP contribution in [0.4, 0.5) is 0 Å². The molecule has 110 valence electrons. The van der Waals surface area contributed by atoms with Crippen molar-refractivity contribution >= 4 is 11.9 Å². The first-order chi connectivity index (χ1) is 9.08. The first kappa shape index (κ1) is 15.9. The molecule has 0 spiro atoms. The Hall–Kier alpha value is -1.14. The molecule has 0 bridgehead atoms. The monoisotopic (exact) mass is 272 g/mol. The Morgan fingerprint density at radius 2 is 1.95 bits per heavy atom. The maximum atomic E-state index is 11.4. The van der Waals surface area contributed by atoms with Gasteiger partial charge in [-0.25, -0.2) is 4.79 Å². The van der Waals surface area contributed by atoms with Gasteiger partial charge in [0.2, 0.25) is 5.91 Å². The van der Waals surface area contributed by atoms with Crippen molar-refractivity contribution in [2.24, 2.45) is 5.92 Å². The molecule has 1 fully saturated rings. The van der Waals surface area contributed by atoms with Crippen LogP contribution in [0.3, 0.4) is 0 Å². The lowest BCUT2D eigenvalue weighted by atomic mass is 10.1. The molecule has 0 radical (unpaired) electrons. The van der Waals surface area contributed by atoms with Gasteiger partial charge >= 0.3 is 5.97 Å². The predicted molar refractivity (Wildman–Crippen MR) is 70.9 cm³/mol. The van der Waals surface area contributed by atoms with Crippen molar-refractivity contribution in [1.82, 2.24) is 10.2 Å². The van der Waals surface area contributed by atoms with Gasteiger partial charge in [0, 0.05) is 13.1 Å². The molecule has 0 aliphatic carbocycles. The van der Waals surface area contributed by atoms with Gasteiger partial charge in [-0.1, -0.05) is 13.3 Å². The van der Waals surface area contributed by atoms with Gasteiger partial charge in [0.25, 0.3) is 0 Å². The van der Waals surface area contributed by atoms with Gasteiger partial charge in [-0.3, -0.25) is 4.79 Å². The summed E-state index contributed by atoms with van der Waals surface area (Å²) in [5.41, 5.74) is 0. The van der Waals surface area contributed by atoms with Gasteiger partial charge < -0.3 is 20.1 Å². The van der Waals surface area contributed by atoms with Crippen LogP contribution < -0.4 is 5.32 Å². The molecule has 6 heteroatoms. The van der Waals surface area contributed by atoms with Crippen molar-refractivity contribution < 1.29 is 19.4 Å². The molecule has 0 aromatic rings. The minimum absolute atomic E-state index is 0.192. The number of hydrogen-bond acceptors (Lipinski definition) is 4. The van der Waals surface area contributed by atoms with E-state index in [1.807, 2.05) is 0 Å². The second-order valence-electron chi connectivity index (χ2n) is 5.16. The Balaban J connectivity index is 2.06. The molecule has 19 heavy (non-hydrogen) atoms. The van der Waals surface area contributed by atoms with Crippen molar-refractivity contribution in [3.63, 3.8) is 0 Å². The van der Waals surface area contributed by atoms with Crippen LogP contribution >= 0.6 is 0 Å². The zero-order chi connectivity index (χ0) is 14.1. The molecule has 0 aromatic heterocycles. The summed E-state index contributed by atoms with van der Waals surface area (Å²) in [5.74, 6) is -0.931. The van der Waals surface area contributed by atoms with Crippen LogP contribution in [0.25, 0.3) is 0 Å². The second-order valence-corrected chi connectivity index (χ2v) is 5.16. The number of piperidine rings is 1. The van der Waals surface area contributed by atoms with Crippen molar-refractivity contribution in [2.75, 3.05) is 39.4 Å². The van der Waals surface area contributed by atoms with E-state index in [-0.39, 0.29) is 12.5 Å². The number of likely N-dealkylation sites (tertiary alicyclic amines) is 1. The molecule has 6 nitrogen and oxygen atoms in total. The maximum absolute atomic E-state index is 11.4. The van der Waals surface area contributed by atoms with Crippen molar-refractivity contribution in [3.8, 4) is 0 Å². The van der Waals surface area contributed by atoms with E-state index in [0.29, 0.717) is 12.5 Å². The van der Waals surface area contributed by atoms with Crippen LogP contribution in [0.15, 0.2) is 0 Å². The smallest absolute Gasteiger partial charge is 0.329 e. The first-order valence-corrected chi connectivity index (χ1v) is 6.86. The molecular weight excluding hydrogens is 248 g/mol. The minimum Gasteiger partial charge on any atom is -0.480 e. The molecule has 0 aromatic carbocycles. The van der Waals surface area contributed by atoms with Crippen molar-refractivity contribution in [2.45, 2.75) is 26.2 Å². The summed E-state index contributed by atoms with van der Waals surface area (Å²) in [5, 5.41) is 11.1. The third-order valence-electron chi connectivity index (χ3n) is 3.12. The van der Waals surface area contributed by atoms with E-state index in [1.54, 1.807) is 0 Å². The number of nitrogens with one attached hydrogen (secondary N) is 1. The van der Waals surface area contributed by atoms with Crippen molar-refractivity contribution in [3.05, 3.63) is 0 Å². The van der Waals surface area contributed by atoms with E-state index in [1.165, 1.54) is 19.3 Å². The highest BCUT2D eigenvalue weighted by Gasteiger charge is 2.14. The van der Waals surface area contributed by atoms with Crippen molar-refractivity contribution in [1.29, 1.82) is 0 Å². The Morgan fingerprint density at radius 1 is 1.26 bits per heavy atom. The van der Waals surface area contributed by atoms with Crippen LogP contribution in [-0.2, 0) is 14.3 Å². The van der Waals surface area contributed by atoms with E-state index in [0.717, 1.165) is 19.6 Å². The van der Waals surface area contributed by atoms with E-state index in [9.17, 15) is 9.59 Å². The molecule has 1 atom stereocenters. The Kier molecular flexibility index (Phi) is 7.43. The largest absolute Gasteiger partial charge is 0.480 e. The summed E-state index contributed by atoms with van der Waals surface area (Å²) < 4.78 is 4.72. The Labute approximate surface area is 114 Å². The lowest BCUT2D eigenvalue weighted by Crippen LogP contribution is -2.39. The van der Waals surface area contributed by atoms with Gasteiger partial charge in [-0.15, -0.1) is 0 Å². The SMILES string of the molecule is CC(CNC(=O)COCC(=O)O)CN1CCCCC1. The highest BCUT2D eigenvalue weighted by atomic mass is 16.5. The average molecular weight is 272 g/mol. The van der Waals surface area contributed by atoms with Crippen LogP contribution in [-0.4, -0.2) is 61.3 Å². The number of ether oxygens (including phenoxy) is 1. The maximum Gasteiger partial charge on any atom is 0.329 e. The van der Waals surface area contributed by atoms with E-state index in [4.69, 9.17) is 9.84 Å². The third kappa shape index (κ3) is 7.79. The highest BCUT2D eigenvalue weighted by molar-refractivity contribution is 5.77. The van der Waals surface area contributed by atoms with Crippen LogP contribution in [0.2, 0.25) is 0 Å². The minimum atomic E-state index is -1.06. The first-order valence-electron chi connectivity index (χ1n) is 6.86. The zero-order valence-electron chi connectivity index (χ0n) is 11.6. The summed E-state index contributed by atoms with van der Waals surface area (Å²) in [4.78, 5) is 24.0. The molecule has 0 saturated carbocycles. The van der Waals surface area contributed by atoms with E-state index >= 15 is 0 Å². The summed E-state index contributed by atoms with van der Waals surface area (Å²) in [6.45, 7) is 5.38. The molecule has 1 aliphatic heterocycles. The number of nitrogens with zero attached hydrogens (tertiary/aromatic N) is 1. The fourth-order valence-electron chi connectivity index (χ4n) is 2.22. The molecule has 1 heterocycles. The van der Waals surface area contributed by atoms with Gasteiger partial charge in [-0.2, -0.15) is 0 Å². The number of carbonyl (C=O) groups is 2. The molecule has 1 rings (SSSR count). The van der Waals surface area contributed by atoms with Gasteiger partial charge in [0.15, 0.2) is 0 Å². The van der Waals surface area contributed by atoms with Crippen LogP contribution in [0.5, 0.6) is 0 Å².